The van der Waals surface area contributed by atoms with Crippen LogP contribution in [0, 0.1) is 18.3 Å². The molecule has 0 aromatic heterocycles. The molecule has 6 nitrogen and oxygen atoms in total. The van der Waals surface area contributed by atoms with Gasteiger partial charge in [-0.2, -0.15) is 5.26 Å². The molecule has 0 atom stereocenters. The van der Waals surface area contributed by atoms with Crippen LogP contribution in [0.5, 0.6) is 5.75 Å². The predicted molar refractivity (Wildman–Crippen MR) is 60.6 cm³/mol. The number of nitrogens with zero attached hydrogens (tertiary/aromatic N) is 1. The summed E-state index contributed by atoms with van der Waals surface area (Å²) < 4.78 is 4.86. The Morgan fingerprint density at radius 2 is 1.94 bits per heavy atom. The molecule has 0 amide bonds. The van der Waals surface area contributed by atoms with Crippen LogP contribution in [0.15, 0.2) is 12.1 Å². The summed E-state index contributed by atoms with van der Waals surface area (Å²) in [6, 6.07) is 4.48. The van der Waals surface area contributed by atoms with E-state index < -0.39 is 18.0 Å². The third-order valence-electron chi connectivity index (χ3n) is 2.14. The third-order valence-corrected chi connectivity index (χ3v) is 2.36. The zero-order chi connectivity index (χ0) is 13.9. The number of nitriles is 1. The Kier molecular flexibility index (Phi) is 4.13. The lowest BCUT2D eigenvalue weighted by atomic mass is 10.1. The quantitative estimate of drug-likeness (QED) is 0.801. The van der Waals surface area contributed by atoms with Crippen molar-refractivity contribution >= 4 is 23.5 Å². The van der Waals surface area contributed by atoms with Gasteiger partial charge in [0.15, 0.2) is 0 Å². The van der Waals surface area contributed by atoms with Crippen LogP contribution < -0.4 is 4.74 Å². The minimum atomic E-state index is -2.05. The number of hydrogen-bond acceptors (Lipinski definition) is 4. The normalized spacial score (nSPS) is 9.89. The number of carboxylic acids is 2. The van der Waals surface area contributed by atoms with Crippen molar-refractivity contribution in [2.45, 2.75) is 13.0 Å². The molecule has 1 aromatic rings. The van der Waals surface area contributed by atoms with E-state index in [-0.39, 0.29) is 16.3 Å². The Balaban J connectivity index is 3.19. The first-order valence-electron chi connectivity index (χ1n) is 4.69. The highest BCUT2D eigenvalue weighted by Crippen LogP contribution is 2.27. The molecule has 0 radical (unpaired) electrons. The van der Waals surface area contributed by atoms with Crippen molar-refractivity contribution in [1.82, 2.24) is 0 Å². The van der Waals surface area contributed by atoms with Gasteiger partial charge >= 0.3 is 11.9 Å². The number of carbonyl (C=O) groups is 2. The van der Waals surface area contributed by atoms with Crippen molar-refractivity contribution in [3.8, 4) is 11.8 Å². The maximum absolute atomic E-state index is 10.7. The van der Waals surface area contributed by atoms with E-state index in [1.807, 2.05) is 6.07 Å². The van der Waals surface area contributed by atoms with Crippen LogP contribution in [0.4, 0.5) is 0 Å². The summed E-state index contributed by atoms with van der Waals surface area (Å²) in [7, 11) is 0. The summed E-state index contributed by atoms with van der Waals surface area (Å²) in [5, 5.41) is 26.4. The second-order valence-electron chi connectivity index (χ2n) is 3.36. The molecule has 0 saturated heterocycles. The molecule has 94 valence electrons. The lowest BCUT2D eigenvalue weighted by molar-refractivity contribution is -0.159. The molecule has 0 aliphatic carbocycles. The zero-order valence-corrected chi connectivity index (χ0v) is 9.93. The van der Waals surface area contributed by atoms with Crippen molar-refractivity contribution < 1.29 is 24.5 Å². The highest BCUT2D eigenvalue weighted by molar-refractivity contribution is 6.30. The molecule has 0 aliphatic rings. The van der Waals surface area contributed by atoms with E-state index >= 15 is 0 Å². The molecule has 7 heteroatoms. The van der Waals surface area contributed by atoms with Crippen molar-refractivity contribution in [1.29, 1.82) is 5.26 Å². The Morgan fingerprint density at radius 1 is 1.39 bits per heavy atom. The Bertz CT molecular complexity index is 535. The van der Waals surface area contributed by atoms with Crippen LogP contribution in [0.1, 0.15) is 11.1 Å². The minimum absolute atomic E-state index is 0.0474. The van der Waals surface area contributed by atoms with Crippen LogP contribution in [-0.2, 0) is 9.59 Å². The lowest BCUT2D eigenvalue weighted by Gasteiger charge is -2.14. The number of carboxylic acid groups (broad SMARTS) is 2. The summed E-state index contributed by atoms with van der Waals surface area (Å²) in [5.74, 6) is -3.32. The maximum atomic E-state index is 10.7. The molecular weight excluding hydrogens is 262 g/mol. The summed E-state index contributed by atoms with van der Waals surface area (Å²) in [5.41, 5.74) is 0.515. The Labute approximate surface area is 107 Å². The van der Waals surface area contributed by atoms with Crippen molar-refractivity contribution in [3.05, 3.63) is 28.3 Å². The molecular formula is C11H8ClNO5. The number of halogens is 1. The van der Waals surface area contributed by atoms with E-state index in [0.717, 1.165) is 0 Å². The summed E-state index contributed by atoms with van der Waals surface area (Å²) in [6.07, 6.45) is -2.05. The fraction of sp³-hybridized carbons (Fsp3) is 0.182. The molecule has 0 saturated carbocycles. The van der Waals surface area contributed by atoms with Crippen LogP contribution in [-0.4, -0.2) is 28.3 Å². The smallest absolute Gasteiger partial charge is 0.356 e. The van der Waals surface area contributed by atoms with Gasteiger partial charge in [-0.05, 0) is 19.1 Å². The SMILES string of the molecule is Cc1c(C#N)cc(Cl)cc1OC(C(=O)O)C(=O)O. The number of ether oxygens (including phenoxy) is 1. The van der Waals surface area contributed by atoms with Gasteiger partial charge < -0.3 is 14.9 Å². The summed E-state index contributed by atoms with van der Waals surface area (Å²) in [6.45, 7) is 1.50. The van der Waals surface area contributed by atoms with Gasteiger partial charge in [0.25, 0.3) is 6.10 Å². The number of aliphatic carboxylic acids is 2. The maximum Gasteiger partial charge on any atom is 0.356 e. The van der Waals surface area contributed by atoms with Gasteiger partial charge in [-0.1, -0.05) is 11.6 Å². The third kappa shape index (κ3) is 2.90. The largest absolute Gasteiger partial charge is 0.478 e. The molecule has 0 spiro atoms. The van der Waals surface area contributed by atoms with Gasteiger partial charge in [0.2, 0.25) is 0 Å². The van der Waals surface area contributed by atoms with Crippen molar-refractivity contribution in [2.24, 2.45) is 0 Å². The highest BCUT2D eigenvalue weighted by Gasteiger charge is 2.28. The number of benzene rings is 1. The average Bonchev–Trinajstić information content (AvgIpc) is 2.28. The second kappa shape index (κ2) is 5.38. The van der Waals surface area contributed by atoms with Crippen LogP contribution in [0.25, 0.3) is 0 Å². The van der Waals surface area contributed by atoms with E-state index in [2.05, 4.69) is 0 Å². The molecule has 0 bridgehead atoms. The molecule has 1 aromatic carbocycles. The predicted octanol–water partition coefficient (Wildman–Crippen LogP) is 1.44. The molecule has 18 heavy (non-hydrogen) atoms. The van der Waals surface area contributed by atoms with Gasteiger partial charge in [-0.25, -0.2) is 9.59 Å². The zero-order valence-electron chi connectivity index (χ0n) is 9.18. The number of rotatable bonds is 4. The van der Waals surface area contributed by atoms with Crippen molar-refractivity contribution in [2.75, 3.05) is 0 Å². The van der Waals surface area contributed by atoms with E-state index in [4.69, 9.17) is 31.8 Å². The van der Waals surface area contributed by atoms with Crippen LogP contribution in [0.2, 0.25) is 5.02 Å². The first kappa shape index (κ1) is 13.8. The minimum Gasteiger partial charge on any atom is -0.478 e. The van der Waals surface area contributed by atoms with Gasteiger partial charge in [0.05, 0.1) is 11.6 Å². The summed E-state index contributed by atoms with van der Waals surface area (Å²) in [4.78, 5) is 21.4. The van der Waals surface area contributed by atoms with Crippen LogP contribution in [0.3, 0.4) is 0 Å². The first-order chi connectivity index (χ1) is 8.36. The topological polar surface area (TPSA) is 108 Å². The Morgan fingerprint density at radius 3 is 2.39 bits per heavy atom. The molecule has 0 aliphatic heterocycles. The van der Waals surface area contributed by atoms with E-state index in [0.29, 0.717) is 5.56 Å². The molecule has 0 unspecified atom stereocenters. The van der Waals surface area contributed by atoms with Crippen LogP contribution >= 0.6 is 11.6 Å². The monoisotopic (exact) mass is 269 g/mol. The molecule has 0 fully saturated rings. The van der Waals surface area contributed by atoms with Gasteiger partial charge in [-0.3, -0.25) is 0 Å². The molecule has 0 heterocycles. The van der Waals surface area contributed by atoms with Crippen molar-refractivity contribution in [3.63, 3.8) is 0 Å². The number of hydrogen-bond donors (Lipinski definition) is 2. The standard InChI is InChI=1S/C11H8ClNO5/c1-5-6(4-13)2-7(12)3-8(5)18-9(10(14)15)11(16)17/h2-3,9H,1H3,(H,14,15)(H,16,17). The summed E-state index contributed by atoms with van der Waals surface area (Å²) >= 11 is 5.72. The fourth-order valence-corrected chi connectivity index (χ4v) is 1.43. The molecule has 1 rings (SSSR count). The van der Waals surface area contributed by atoms with Gasteiger partial charge in [0.1, 0.15) is 5.75 Å². The molecule has 2 N–H and O–H groups in total. The fourth-order valence-electron chi connectivity index (χ4n) is 1.23. The van der Waals surface area contributed by atoms with Gasteiger partial charge in [-0.15, -0.1) is 0 Å². The Hall–Kier alpha value is -2.26. The van der Waals surface area contributed by atoms with E-state index in [1.54, 1.807) is 0 Å². The first-order valence-corrected chi connectivity index (χ1v) is 5.07. The van der Waals surface area contributed by atoms with E-state index in [1.165, 1.54) is 19.1 Å². The second-order valence-corrected chi connectivity index (χ2v) is 3.80. The highest BCUT2D eigenvalue weighted by atomic mass is 35.5. The lowest BCUT2D eigenvalue weighted by Crippen LogP contribution is -2.35. The van der Waals surface area contributed by atoms with Gasteiger partial charge in [0, 0.05) is 10.6 Å². The average molecular weight is 270 g/mol. The van der Waals surface area contributed by atoms with E-state index in [9.17, 15) is 9.59 Å².